The molecule has 0 aliphatic rings. The molecule has 0 saturated carbocycles. The van der Waals surface area contributed by atoms with Crippen LogP contribution in [0.25, 0.3) is 0 Å². The minimum Gasteiger partial charge on any atom is -0.337 e. The van der Waals surface area contributed by atoms with Gasteiger partial charge in [0.25, 0.3) is 0 Å². The lowest BCUT2D eigenvalue weighted by Gasteiger charge is -2.25. The molecule has 0 heterocycles. The third-order valence-corrected chi connectivity index (χ3v) is 3.97. The number of nitrogens with one attached hydrogen (secondary N) is 2. The van der Waals surface area contributed by atoms with Gasteiger partial charge in [0.05, 0.1) is 10.7 Å². The van der Waals surface area contributed by atoms with Gasteiger partial charge in [-0.3, -0.25) is 0 Å². The number of carbonyl (C=O) groups excluding carboxylic acids is 1. The number of urea groups is 1. The van der Waals surface area contributed by atoms with Crippen molar-refractivity contribution in [3.8, 4) is 0 Å². The largest absolute Gasteiger partial charge is 0.337 e. The van der Waals surface area contributed by atoms with Gasteiger partial charge in [-0.1, -0.05) is 67.4 Å². The number of carbonyl (C=O) groups is 1. The van der Waals surface area contributed by atoms with Gasteiger partial charge in [-0.15, -0.1) is 0 Å². The molecule has 0 aliphatic heterocycles. The van der Waals surface area contributed by atoms with Gasteiger partial charge in [0, 0.05) is 17.0 Å². The van der Waals surface area contributed by atoms with Crippen LogP contribution < -0.4 is 10.6 Å². The lowest BCUT2D eigenvalue weighted by Crippen LogP contribution is -2.39. The Morgan fingerprint density at radius 3 is 2.41 bits per heavy atom. The molecule has 116 valence electrons. The highest BCUT2D eigenvalue weighted by molar-refractivity contribution is 6.36. The standard InChI is InChI=1S/C17H18Cl2N2O/c1-17(2,12-6-4-3-5-7-12)11-20-16(22)21-15-9-8-13(18)10-14(15)19/h3-10H,11H2,1-2H3,(H2,20,21,22). The van der Waals surface area contributed by atoms with Gasteiger partial charge in [0.15, 0.2) is 0 Å². The van der Waals surface area contributed by atoms with Crippen LogP contribution in [0.15, 0.2) is 48.5 Å². The highest BCUT2D eigenvalue weighted by Gasteiger charge is 2.21. The number of rotatable bonds is 4. The molecule has 5 heteroatoms. The molecule has 0 saturated heterocycles. The summed E-state index contributed by atoms with van der Waals surface area (Å²) >= 11 is 11.9. The first-order chi connectivity index (χ1) is 10.4. The first-order valence-corrected chi connectivity index (χ1v) is 7.69. The van der Waals surface area contributed by atoms with Crippen molar-refractivity contribution in [2.24, 2.45) is 0 Å². The van der Waals surface area contributed by atoms with E-state index in [1.54, 1.807) is 18.2 Å². The predicted molar refractivity (Wildman–Crippen MR) is 93.0 cm³/mol. The van der Waals surface area contributed by atoms with E-state index < -0.39 is 0 Å². The molecule has 0 radical (unpaired) electrons. The van der Waals surface area contributed by atoms with Crippen molar-refractivity contribution >= 4 is 34.9 Å². The van der Waals surface area contributed by atoms with E-state index in [4.69, 9.17) is 23.2 Å². The summed E-state index contributed by atoms with van der Waals surface area (Å²) in [5, 5.41) is 6.53. The Morgan fingerprint density at radius 1 is 1.09 bits per heavy atom. The lowest BCUT2D eigenvalue weighted by molar-refractivity contribution is 0.249. The summed E-state index contributed by atoms with van der Waals surface area (Å²) in [4.78, 5) is 12.0. The number of amides is 2. The van der Waals surface area contributed by atoms with Gasteiger partial charge in [-0.05, 0) is 23.8 Å². The molecule has 0 atom stereocenters. The molecule has 22 heavy (non-hydrogen) atoms. The molecule has 2 amide bonds. The number of anilines is 1. The number of benzene rings is 2. The maximum Gasteiger partial charge on any atom is 0.319 e. The second-order valence-corrected chi connectivity index (χ2v) is 6.53. The van der Waals surface area contributed by atoms with Gasteiger partial charge >= 0.3 is 6.03 Å². The molecule has 0 aliphatic carbocycles. The van der Waals surface area contributed by atoms with E-state index in [1.165, 1.54) is 5.56 Å². The summed E-state index contributed by atoms with van der Waals surface area (Å²) in [5.41, 5.74) is 1.53. The summed E-state index contributed by atoms with van der Waals surface area (Å²) in [6, 6.07) is 14.7. The molecule has 0 fully saturated rings. The molecule has 0 spiro atoms. The van der Waals surface area contributed by atoms with Gasteiger partial charge in [0.1, 0.15) is 0 Å². The zero-order valence-corrected chi connectivity index (χ0v) is 14.0. The summed E-state index contributed by atoms with van der Waals surface area (Å²) < 4.78 is 0. The molecule has 0 unspecified atom stereocenters. The molecular weight excluding hydrogens is 319 g/mol. The minimum atomic E-state index is -0.298. The Morgan fingerprint density at radius 2 is 1.77 bits per heavy atom. The summed E-state index contributed by atoms with van der Waals surface area (Å²) in [5.74, 6) is 0. The van der Waals surface area contributed by atoms with E-state index in [9.17, 15) is 4.79 Å². The Kier molecular flexibility index (Phi) is 5.33. The number of hydrogen-bond donors (Lipinski definition) is 2. The summed E-state index contributed by atoms with van der Waals surface area (Å²) in [7, 11) is 0. The molecule has 3 nitrogen and oxygen atoms in total. The first-order valence-electron chi connectivity index (χ1n) is 6.94. The lowest BCUT2D eigenvalue weighted by atomic mass is 9.85. The smallest absolute Gasteiger partial charge is 0.319 e. The zero-order chi connectivity index (χ0) is 16.2. The van der Waals surface area contributed by atoms with Gasteiger partial charge in [0.2, 0.25) is 0 Å². The third kappa shape index (κ3) is 4.39. The summed E-state index contributed by atoms with van der Waals surface area (Å²) in [6.07, 6.45) is 0. The van der Waals surface area contributed by atoms with E-state index in [0.717, 1.165) is 0 Å². The molecule has 0 aromatic heterocycles. The van der Waals surface area contributed by atoms with Crippen molar-refractivity contribution in [3.05, 3.63) is 64.1 Å². The van der Waals surface area contributed by atoms with Crippen LogP contribution in [0.5, 0.6) is 0 Å². The van der Waals surface area contributed by atoms with Crippen LogP contribution in [0.3, 0.4) is 0 Å². The fourth-order valence-electron chi connectivity index (χ4n) is 2.05. The minimum absolute atomic E-state index is 0.164. The predicted octanol–water partition coefficient (Wildman–Crippen LogP) is 5.09. The van der Waals surface area contributed by atoms with Crippen molar-refractivity contribution in [3.63, 3.8) is 0 Å². The second kappa shape index (κ2) is 7.03. The average molecular weight is 337 g/mol. The topological polar surface area (TPSA) is 41.1 Å². The van der Waals surface area contributed by atoms with Crippen LogP contribution in [0.1, 0.15) is 19.4 Å². The summed E-state index contributed by atoms with van der Waals surface area (Å²) in [6.45, 7) is 4.67. The fraction of sp³-hybridized carbons (Fsp3) is 0.235. The van der Waals surface area contributed by atoms with Crippen molar-refractivity contribution in [1.82, 2.24) is 5.32 Å². The molecule has 2 N–H and O–H groups in total. The Hall–Kier alpha value is -1.71. The van der Waals surface area contributed by atoms with Crippen LogP contribution in [0, 0.1) is 0 Å². The Bertz CT molecular complexity index is 657. The van der Waals surface area contributed by atoms with Gasteiger partial charge in [-0.2, -0.15) is 0 Å². The number of halogens is 2. The maximum absolute atomic E-state index is 12.0. The van der Waals surface area contributed by atoms with Crippen molar-refractivity contribution in [1.29, 1.82) is 0 Å². The molecule has 0 bridgehead atoms. The SMILES string of the molecule is CC(C)(CNC(=O)Nc1ccc(Cl)cc1Cl)c1ccccc1. The van der Waals surface area contributed by atoms with Crippen LogP contribution in [-0.2, 0) is 5.41 Å². The quantitative estimate of drug-likeness (QED) is 0.801. The fourth-order valence-corrected chi connectivity index (χ4v) is 2.51. The normalized spacial score (nSPS) is 11.1. The number of hydrogen-bond acceptors (Lipinski definition) is 1. The van der Waals surface area contributed by atoms with Crippen LogP contribution in [0.4, 0.5) is 10.5 Å². The first kappa shape index (κ1) is 16.7. The molecule has 2 aromatic carbocycles. The Labute approximate surface area is 140 Å². The Balaban J connectivity index is 1.95. The second-order valence-electron chi connectivity index (χ2n) is 5.68. The van der Waals surface area contributed by atoms with E-state index >= 15 is 0 Å². The van der Waals surface area contributed by atoms with Crippen molar-refractivity contribution in [2.45, 2.75) is 19.3 Å². The van der Waals surface area contributed by atoms with Gasteiger partial charge < -0.3 is 10.6 Å². The van der Waals surface area contributed by atoms with Crippen molar-refractivity contribution in [2.75, 3.05) is 11.9 Å². The maximum atomic E-state index is 12.0. The van der Waals surface area contributed by atoms with Crippen LogP contribution in [0.2, 0.25) is 10.0 Å². The van der Waals surface area contributed by atoms with Crippen molar-refractivity contribution < 1.29 is 4.79 Å². The van der Waals surface area contributed by atoms with E-state index in [0.29, 0.717) is 22.3 Å². The van der Waals surface area contributed by atoms with Gasteiger partial charge in [-0.25, -0.2) is 4.79 Å². The molecule has 2 aromatic rings. The zero-order valence-electron chi connectivity index (χ0n) is 12.5. The van der Waals surface area contributed by atoms with Crippen LogP contribution >= 0.6 is 23.2 Å². The highest BCUT2D eigenvalue weighted by Crippen LogP contribution is 2.25. The highest BCUT2D eigenvalue weighted by atomic mass is 35.5. The monoisotopic (exact) mass is 336 g/mol. The third-order valence-electron chi connectivity index (χ3n) is 3.43. The molecule has 2 rings (SSSR count). The van der Waals surface area contributed by atoms with E-state index in [-0.39, 0.29) is 11.4 Å². The average Bonchev–Trinajstić information content (AvgIpc) is 2.49. The van der Waals surface area contributed by atoms with Crippen LogP contribution in [-0.4, -0.2) is 12.6 Å². The van der Waals surface area contributed by atoms with E-state index in [1.807, 2.05) is 18.2 Å². The molecular formula is C17H18Cl2N2O. The van der Waals surface area contributed by atoms with E-state index in [2.05, 4.69) is 36.6 Å².